The molecular weight excluding hydrogens is 310 g/mol. The molecule has 0 aliphatic rings. The van der Waals surface area contributed by atoms with E-state index in [4.69, 9.17) is 4.74 Å². The summed E-state index contributed by atoms with van der Waals surface area (Å²) in [6.07, 6.45) is 3.91. The Morgan fingerprint density at radius 1 is 1.43 bits per heavy atom. The van der Waals surface area contributed by atoms with Crippen LogP contribution in [0.1, 0.15) is 17.6 Å². The number of hydrogen-bond acceptors (Lipinski definition) is 6. The van der Waals surface area contributed by atoms with Crippen LogP contribution in [0, 0.1) is 0 Å². The first kappa shape index (κ1) is 15.9. The molecular formula is C13H17N3O3S2. The van der Waals surface area contributed by atoms with Crippen molar-refractivity contribution in [3.05, 3.63) is 40.6 Å². The molecule has 0 unspecified atom stereocenters. The Bertz CT molecular complexity index is 656. The van der Waals surface area contributed by atoms with Crippen LogP contribution in [0.25, 0.3) is 0 Å². The van der Waals surface area contributed by atoms with Gasteiger partial charge in [-0.2, -0.15) is 0 Å². The highest BCUT2D eigenvalue weighted by Crippen LogP contribution is 2.14. The van der Waals surface area contributed by atoms with Crippen LogP contribution in [0.5, 0.6) is 5.75 Å². The summed E-state index contributed by atoms with van der Waals surface area (Å²) in [5, 5.41) is 2.77. The number of pyridine rings is 1. The van der Waals surface area contributed by atoms with E-state index in [0.717, 1.165) is 10.7 Å². The minimum absolute atomic E-state index is 0.0915. The van der Waals surface area contributed by atoms with Crippen LogP contribution in [0.15, 0.2) is 29.9 Å². The van der Waals surface area contributed by atoms with Crippen LogP contribution in [0.2, 0.25) is 0 Å². The lowest BCUT2D eigenvalue weighted by Crippen LogP contribution is -2.27. The van der Waals surface area contributed by atoms with Gasteiger partial charge < -0.3 is 4.74 Å². The molecule has 0 aliphatic carbocycles. The Morgan fingerprint density at radius 3 is 3.00 bits per heavy atom. The average Bonchev–Trinajstić information content (AvgIpc) is 2.94. The van der Waals surface area contributed by atoms with Crippen molar-refractivity contribution in [1.82, 2.24) is 14.7 Å². The maximum Gasteiger partial charge on any atom is 0.211 e. The van der Waals surface area contributed by atoms with Gasteiger partial charge in [0.25, 0.3) is 0 Å². The first-order chi connectivity index (χ1) is 10.1. The number of nitrogens with one attached hydrogen (secondary N) is 1. The van der Waals surface area contributed by atoms with Gasteiger partial charge in [0.05, 0.1) is 17.6 Å². The Morgan fingerprint density at radius 2 is 2.29 bits per heavy atom. The largest absolute Gasteiger partial charge is 0.485 e. The lowest BCUT2D eigenvalue weighted by molar-refractivity contribution is 0.304. The monoisotopic (exact) mass is 327 g/mol. The van der Waals surface area contributed by atoms with Crippen molar-refractivity contribution in [1.29, 1.82) is 0 Å². The highest BCUT2D eigenvalue weighted by molar-refractivity contribution is 7.89. The maximum absolute atomic E-state index is 11.3. The molecule has 0 saturated heterocycles. The number of hydrogen-bond donors (Lipinski definition) is 1. The van der Waals surface area contributed by atoms with Gasteiger partial charge in [0, 0.05) is 24.5 Å². The van der Waals surface area contributed by atoms with Crippen LogP contribution in [0.4, 0.5) is 0 Å². The molecule has 0 aliphatic heterocycles. The van der Waals surface area contributed by atoms with Crippen molar-refractivity contribution >= 4 is 21.4 Å². The molecule has 0 atom stereocenters. The first-order valence-corrected chi connectivity index (χ1v) is 9.05. The van der Waals surface area contributed by atoms with E-state index in [1.54, 1.807) is 19.3 Å². The molecule has 0 aromatic carbocycles. The zero-order valence-corrected chi connectivity index (χ0v) is 13.3. The van der Waals surface area contributed by atoms with Crippen LogP contribution in [0.3, 0.4) is 0 Å². The van der Waals surface area contributed by atoms with Crippen molar-refractivity contribution < 1.29 is 13.2 Å². The molecule has 0 amide bonds. The van der Waals surface area contributed by atoms with Gasteiger partial charge >= 0.3 is 0 Å². The van der Waals surface area contributed by atoms with E-state index in [0.29, 0.717) is 25.3 Å². The highest BCUT2D eigenvalue weighted by Gasteiger charge is 2.07. The summed E-state index contributed by atoms with van der Waals surface area (Å²) in [6, 6.07) is 3.64. The van der Waals surface area contributed by atoms with Crippen molar-refractivity contribution in [3.8, 4) is 5.75 Å². The van der Waals surface area contributed by atoms with Gasteiger partial charge in [-0.15, -0.1) is 11.3 Å². The molecule has 0 bridgehead atoms. The Hall–Kier alpha value is -1.51. The number of nitrogens with zero attached hydrogens (tertiary/aromatic N) is 2. The quantitative estimate of drug-likeness (QED) is 0.796. The molecule has 1 N–H and O–H groups in total. The summed E-state index contributed by atoms with van der Waals surface area (Å²) in [6.45, 7) is 2.36. The van der Waals surface area contributed by atoms with Gasteiger partial charge in [-0.1, -0.05) is 0 Å². The fourth-order valence-electron chi connectivity index (χ4n) is 1.54. The van der Waals surface area contributed by atoms with Gasteiger partial charge in [0.1, 0.15) is 17.4 Å². The Labute approximate surface area is 128 Å². The van der Waals surface area contributed by atoms with E-state index < -0.39 is 10.0 Å². The zero-order chi connectivity index (χ0) is 15.1. The van der Waals surface area contributed by atoms with E-state index in [2.05, 4.69) is 14.7 Å². The van der Waals surface area contributed by atoms with Crippen molar-refractivity contribution in [2.24, 2.45) is 0 Å². The standard InChI is InChI=1S/C13H17N3O3S2/c1-2-21(17,18)15-7-5-11-10-20-13(16-11)9-19-12-4-3-6-14-8-12/h3-4,6,8,10,15H,2,5,7,9H2,1H3. The molecule has 0 radical (unpaired) electrons. The van der Waals surface area contributed by atoms with E-state index in [1.807, 2.05) is 17.5 Å². The lowest BCUT2D eigenvalue weighted by atomic mass is 10.3. The van der Waals surface area contributed by atoms with Crippen molar-refractivity contribution in [2.45, 2.75) is 20.0 Å². The maximum atomic E-state index is 11.3. The van der Waals surface area contributed by atoms with Crippen LogP contribution >= 0.6 is 11.3 Å². The van der Waals surface area contributed by atoms with E-state index >= 15 is 0 Å². The number of rotatable bonds is 8. The van der Waals surface area contributed by atoms with Gasteiger partial charge in [-0.3, -0.25) is 4.98 Å². The second-order valence-corrected chi connectivity index (χ2v) is 7.30. The molecule has 2 heterocycles. The van der Waals surface area contributed by atoms with E-state index in [-0.39, 0.29) is 5.75 Å². The van der Waals surface area contributed by atoms with Gasteiger partial charge in [0.15, 0.2) is 0 Å². The third-order valence-electron chi connectivity index (χ3n) is 2.68. The summed E-state index contributed by atoms with van der Waals surface area (Å²) < 4.78 is 30.7. The molecule has 2 rings (SSSR count). The molecule has 0 spiro atoms. The zero-order valence-electron chi connectivity index (χ0n) is 11.7. The summed E-state index contributed by atoms with van der Waals surface area (Å²) >= 11 is 1.50. The predicted molar refractivity (Wildman–Crippen MR) is 81.9 cm³/mol. The fourth-order valence-corrected chi connectivity index (χ4v) is 2.90. The molecule has 8 heteroatoms. The molecule has 2 aromatic heterocycles. The molecule has 0 saturated carbocycles. The number of thiazole rings is 1. The first-order valence-electron chi connectivity index (χ1n) is 6.52. The van der Waals surface area contributed by atoms with E-state index in [9.17, 15) is 8.42 Å². The van der Waals surface area contributed by atoms with Crippen LogP contribution in [-0.2, 0) is 23.1 Å². The third kappa shape index (κ3) is 5.41. The third-order valence-corrected chi connectivity index (χ3v) is 4.95. The van der Waals surface area contributed by atoms with Gasteiger partial charge in [-0.25, -0.2) is 18.1 Å². The SMILES string of the molecule is CCS(=O)(=O)NCCc1csc(COc2cccnc2)n1. The second-order valence-electron chi connectivity index (χ2n) is 4.26. The summed E-state index contributed by atoms with van der Waals surface area (Å²) in [7, 11) is -3.14. The normalized spacial score (nSPS) is 11.5. The van der Waals surface area contributed by atoms with Crippen LogP contribution < -0.4 is 9.46 Å². The molecule has 6 nitrogen and oxygen atoms in total. The van der Waals surface area contributed by atoms with Crippen LogP contribution in [-0.4, -0.2) is 30.7 Å². The molecule has 114 valence electrons. The summed E-state index contributed by atoms with van der Waals surface area (Å²) in [5.74, 6) is 0.791. The minimum atomic E-state index is -3.14. The van der Waals surface area contributed by atoms with E-state index in [1.165, 1.54) is 11.3 Å². The summed E-state index contributed by atoms with van der Waals surface area (Å²) in [4.78, 5) is 8.38. The highest BCUT2D eigenvalue weighted by atomic mass is 32.2. The topological polar surface area (TPSA) is 81.2 Å². The fraction of sp³-hybridized carbons (Fsp3) is 0.385. The predicted octanol–water partition coefficient (Wildman–Crippen LogP) is 1.60. The summed E-state index contributed by atoms with van der Waals surface area (Å²) in [5.41, 5.74) is 0.864. The van der Waals surface area contributed by atoms with Crippen molar-refractivity contribution in [3.63, 3.8) is 0 Å². The second kappa shape index (κ2) is 7.48. The number of ether oxygens (including phenoxy) is 1. The lowest BCUT2D eigenvalue weighted by Gasteiger charge is -2.03. The van der Waals surface area contributed by atoms with Crippen molar-refractivity contribution in [2.75, 3.05) is 12.3 Å². The Kier molecular flexibility index (Phi) is 5.66. The molecule has 2 aromatic rings. The minimum Gasteiger partial charge on any atom is -0.485 e. The average molecular weight is 327 g/mol. The number of sulfonamides is 1. The molecule has 0 fully saturated rings. The molecule has 21 heavy (non-hydrogen) atoms. The Balaban J connectivity index is 1.79. The smallest absolute Gasteiger partial charge is 0.211 e. The van der Waals surface area contributed by atoms with Gasteiger partial charge in [-0.05, 0) is 19.1 Å². The number of aromatic nitrogens is 2. The van der Waals surface area contributed by atoms with Gasteiger partial charge in [0.2, 0.25) is 10.0 Å².